The molecule has 0 amide bonds. The van der Waals surface area contributed by atoms with Crippen molar-refractivity contribution in [2.45, 2.75) is 13.0 Å². The maximum atomic E-state index is 4.73. The molecular weight excluding hydrogens is 292 g/mol. The summed E-state index contributed by atoms with van der Waals surface area (Å²) in [6, 6.07) is 27.2. The van der Waals surface area contributed by atoms with Crippen LogP contribution in [0.2, 0.25) is 0 Å². The van der Waals surface area contributed by atoms with E-state index in [1.165, 1.54) is 16.3 Å². The second-order valence-electron chi connectivity index (χ2n) is 5.95. The standard InChI is InChI=1S/C22H18N2/c1-16(20-11-6-9-17-7-2-4-10-21(17)20)23-15-19-14-13-18-8-3-5-12-22(18)24-19/h2-16H,1H3/t16-/m0/s1. The smallest absolute Gasteiger partial charge is 0.0815 e. The topological polar surface area (TPSA) is 25.2 Å². The molecule has 1 heterocycles. The lowest BCUT2D eigenvalue weighted by Crippen LogP contribution is -1.94. The molecule has 0 aliphatic carbocycles. The van der Waals surface area contributed by atoms with Gasteiger partial charge in [-0.05, 0) is 35.4 Å². The normalized spacial score (nSPS) is 12.9. The first-order valence-corrected chi connectivity index (χ1v) is 8.18. The lowest BCUT2D eigenvalue weighted by molar-refractivity contribution is 0.833. The number of hydrogen-bond donors (Lipinski definition) is 0. The van der Waals surface area contributed by atoms with Gasteiger partial charge in [0.25, 0.3) is 0 Å². The van der Waals surface area contributed by atoms with Crippen LogP contribution in [0.15, 0.2) is 83.9 Å². The minimum absolute atomic E-state index is 0.0874. The molecule has 0 saturated heterocycles. The third-order valence-corrected chi connectivity index (χ3v) is 4.32. The first-order valence-electron chi connectivity index (χ1n) is 8.18. The summed E-state index contributed by atoms with van der Waals surface area (Å²) in [4.78, 5) is 9.39. The molecule has 0 saturated carbocycles. The van der Waals surface area contributed by atoms with Gasteiger partial charge in [0.05, 0.1) is 17.3 Å². The zero-order valence-corrected chi connectivity index (χ0v) is 13.6. The molecule has 3 aromatic carbocycles. The van der Waals surface area contributed by atoms with Crippen LogP contribution in [0.4, 0.5) is 0 Å². The SMILES string of the molecule is C[C@H](N=Cc1ccc2ccccc2n1)c1cccc2ccccc12. The van der Waals surface area contributed by atoms with Crippen LogP contribution >= 0.6 is 0 Å². The van der Waals surface area contributed by atoms with Crippen molar-refractivity contribution < 1.29 is 0 Å². The van der Waals surface area contributed by atoms with Crippen LogP contribution in [0.25, 0.3) is 21.7 Å². The Labute approximate surface area is 141 Å². The molecule has 0 fully saturated rings. The molecule has 0 N–H and O–H groups in total. The average molecular weight is 310 g/mol. The maximum absolute atomic E-state index is 4.73. The highest BCUT2D eigenvalue weighted by molar-refractivity contribution is 5.87. The lowest BCUT2D eigenvalue weighted by Gasteiger charge is -2.10. The summed E-state index contributed by atoms with van der Waals surface area (Å²) in [5, 5.41) is 3.66. The van der Waals surface area contributed by atoms with Gasteiger partial charge in [-0.15, -0.1) is 0 Å². The van der Waals surface area contributed by atoms with Crippen LogP contribution in [-0.4, -0.2) is 11.2 Å². The van der Waals surface area contributed by atoms with Gasteiger partial charge in [0.2, 0.25) is 0 Å². The Morgan fingerprint density at radius 1 is 0.792 bits per heavy atom. The summed E-state index contributed by atoms with van der Waals surface area (Å²) in [6.45, 7) is 2.12. The van der Waals surface area contributed by atoms with Gasteiger partial charge in [-0.3, -0.25) is 4.99 Å². The highest BCUT2D eigenvalue weighted by Gasteiger charge is 2.07. The van der Waals surface area contributed by atoms with E-state index >= 15 is 0 Å². The molecule has 116 valence electrons. The van der Waals surface area contributed by atoms with Gasteiger partial charge in [-0.25, -0.2) is 4.98 Å². The number of nitrogens with zero attached hydrogens (tertiary/aromatic N) is 2. The molecule has 1 aromatic heterocycles. The van der Waals surface area contributed by atoms with Crippen LogP contribution in [-0.2, 0) is 0 Å². The lowest BCUT2D eigenvalue weighted by atomic mass is 10.00. The molecule has 24 heavy (non-hydrogen) atoms. The van der Waals surface area contributed by atoms with Crippen molar-refractivity contribution in [1.29, 1.82) is 0 Å². The third kappa shape index (κ3) is 2.79. The summed E-state index contributed by atoms with van der Waals surface area (Å²) in [6.07, 6.45) is 1.87. The summed E-state index contributed by atoms with van der Waals surface area (Å²) in [7, 11) is 0. The minimum Gasteiger partial charge on any atom is -0.283 e. The number of aliphatic imine (C=N–C) groups is 1. The summed E-state index contributed by atoms with van der Waals surface area (Å²) < 4.78 is 0. The van der Waals surface area contributed by atoms with Crippen molar-refractivity contribution in [1.82, 2.24) is 4.98 Å². The first kappa shape index (κ1) is 14.6. The molecule has 4 aromatic rings. The largest absolute Gasteiger partial charge is 0.283 e. The zero-order valence-electron chi connectivity index (χ0n) is 13.6. The van der Waals surface area contributed by atoms with E-state index in [4.69, 9.17) is 4.99 Å². The molecule has 0 bridgehead atoms. The van der Waals surface area contributed by atoms with E-state index in [9.17, 15) is 0 Å². The number of rotatable bonds is 3. The van der Waals surface area contributed by atoms with E-state index in [1.54, 1.807) is 0 Å². The minimum atomic E-state index is 0.0874. The summed E-state index contributed by atoms with van der Waals surface area (Å²) in [5.74, 6) is 0. The number of benzene rings is 3. The number of para-hydroxylation sites is 1. The molecule has 4 rings (SSSR count). The van der Waals surface area contributed by atoms with E-state index in [1.807, 2.05) is 30.5 Å². The fourth-order valence-electron chi connectivity index (χ4n) is 3.04. The molecule has 0 aliphatic rings. The molecule has 0 aliphatic heterocycles. The van der Waals surface area contributed by atoms with Gasteiger partial charge < -0.3 is 0 Å². The van der Waals surface area contributed by atoms with Crippen LogP contribution in [0.5, 0.6) is 0 Å². The predicted octanol–water partition coefficient (Wildman–Crippen LogP) is 5.57. The third-order valence-electron chi connectivity index (χ3n) is 4.32. The van der Waals surface area contributed by atoms with Crippen molar-refractivity contribution in [3.05, 3.63) is 90.1 Å². The van der Waals surface area contributed by atoms with E-state index in [2.05, 4.69) is 66.5 Å². The van der Waals surface area contributed by atoms with Gasteiger partial charge in [0.1, 0.15) is 0 Å². The van der Waals surface area contributed by atoms with Gasteiger partial charge in [-0.2, -0.15) is 0 Å². The van der Waals surface area contributed by atoms with Crippen molar-refractivity contribution in [2.75, 3.05) is 0 Å². The molecule has 1 atom stereocenters. The summed E-state index contributed by atoms with van der Waals surface area (Å²) >= 11 is 0. The Kier molecular flexibility index (Phi) is 3.80. The predicted molar refractivity (Wildman–Crippen MR) is 102 cm³/mol. The number of fused-ring (bicyclic) bond motifs is 2. The van der Waals surface area contributed by atoms with Gasteiger partial charge >= 0.3 is 0 Å². The Morgan fingerprint density at radius 2 is 1.54 bits per heavy atom. The molecule has 0 unspecified atom stereocenters. The fourth-order valence-corrected chi connectivity index (χ4v) is 3.04. The fraction of sp³-hybridized carbons (Fsp3) is 0.0909. The summed E-state index contributed by atoms with van der Waals surface area (Å²) in [5.41, 5.74) is 3.13. The molecule has 2 heteroatoms. The van der Waals surface area contributed by atoms with E-state index < -0.39 is 0 Å². The van der Waals surface area contributed by atoms with Crippen molar-refractivity contribution in [3.8, 4) is 0 Å². The molecule has 2 nitrogen and oxygen atoms in total. The Balaban J connectivity index is 1.66. The van der Waals surface area contributed by atoms with Crippen LogP contribution < -0.4 is 0 Å². The quantitative estimate of drug-likeness (QED) is 0.454. The molecule has 0 radical (unpaired) electrons. The van der Waals surface area contributed by atoms with E-state index in [0.29, 0.717) is 0 Å². The first-order chi connectivity index (χ1) is 11.8. The van der Waals surface area contributed by atoms with Gasteiger partial charge in [-0.1, -0.05) is 66.7 Å². The van der Waals surface area contributed by atoms with E-state index in [-0.39, 0.29) is 6.04 Å². The maximum Gasteiger partial charge on any atom is 0.0815 e. The van der Waals surface area contributed by atoms with Crippen molar-refractivity contribution >= 4 is 27.9 Å². The van der Waals surface area contributed by atoms with Crippen molar-refractivity contribution in [3.63, 3.8) is 0 Å². The number of hydrogen-bond acceptors (Lipinski definition) is 2. The number of pyridine rings is 1. The van der Waals surface area contributed by atoms with Crippen LogP contribution in [0.1, 0.15) is 24.2 Å². The highest BCUT2D eigenvalue weighted by atomic mass is 14.8. The Bertz CT molecular complexity index is 1030. The zero-order chi connectivity index (χ0) is 16.4. The average Bonchev–Trinajstić information content (AvgIpc) is 2.65. The monoisotopic (exact) mass is 310 g/mol. The molecular formula is C22H18N2. The Hall–Kier alpha value is -3.00. The van der Waals surface area contributed by atoms with Gasteiger partial charge in [0, 0.05) is 11.6 Å². The van der Waals surface area contributed by atoms with Crippen molar-refractivity contribution in [2.24, 2.45) is 4.99 Å². The number of aromatic nitrogens is 1. The molecule has 0 spiro atoms. The second-order valence-corrected chi connectivity index (χ2v) is 5.95. The van der Waals surface area contributed by atoms with Crippen LogP contribution in [0.3, 0.4) is 0 Å². The van der Waals surface area contributed by atoms with Crippen LogP contribution in [0, 0.1) is 0 Å². The highest BCUT2D eigenvalue weighted by Crippen LogP contribution is 2.26. The second kappa shape index (κ2) is 6.25. The Morgan fingerprint density at radius 3 is 2.46 bits per heavy atom. The van der Waals surface area contributed by atoms with Gasteiger partial charge in [0.15, 0.2) is 0 Å². The van der Waals surface area contributed by atoms with E-state index in [0.717, 1.165) is 16.6 Å².